The van der Waals surface area contributed by atoms with E-state index < -0.39 is 0 Å². The first-order valence-electron chi connectivity index (χ1n) is 6.80. The van der Waals surface area contributed by atoms with Gasteiger partial charge in [0.1, 0.15) is 0 Å². The molecule has 0 aliphatic carbocycles. The molecule has 0 spiro atoms. The van der Waals surface area contributed by atoms with Crippen LogP contribution in [0.5, 0.6) is 0 Å². The summed E-state index contributed by atoms with van der Waals surface area (Å²) in [5.41, 5.74) is 6.23. The van der Waals surface area contributed by atoms with Gasteiger partial charge < -0.3 is 15.2 Å². The van der Waals surface area contributed by atoms with E-state index >= 15 is 0 Å². The summed E-state index contributed by atoms with van der Waals surface area (Å²) in [7, 11) is 1.82. The molecule has 0 bridgehead atoms. The van der Waals surface area contributed by atoms with Gasteiger partial charge in [-0.2, -0.15) is 0 Å². The zero-order valence-electron chi connectivity index (χ0n) is 11.2. The van der Waals surface area contributed by atoms with E-state index in [0.717, 1.165) is 39.1 Å². The number of rotatable bonds is 3. The predicted molar refractivity (Wildman–Crippen MR) is 68.0 cm³/mol. The maximum Gasteiger partial charge on any atom is 0.0698 e. The lowest BCUT2D eigenvalue weighted by molar-refractivity contribution is -0.0884. The van der Waals surface area contributed by atoms with Crippen LogP contribution in [0.15, 0.2) is 0 Å². The van der Waals surface area contributed by atoms with Crippen molar-refractivity contribution < 1.29 is 9.47 Å². The summed E-state index contributed by atoms with van der Waals surface area (Å²) in [5, 5.41) is 0. The molecule has 0 aromatic rings. The second kappa shape index (κ2) is 5.65. The molecular weight excluding hydrogens is 216 g/mol. The fourth-order valence-electron chi connectivity index (χ4n) is 3.31. The Bertz CT molecular complexity index is 250. The minimum absolute atomic E-state index is 0.148. The molecule has 2 aliphatic heterocycles. The monoisotopic (exact) mass is 242 g/mol. The molecule has 3 unspecified atom stereocenters. The van der Waals surface area contributed by atoms with Crippen molar-refractivity contribution in [3.05, 3.63) is 0 Å². The zero-order chi connectivity index (χ0) is 12.3. The number of nitrogens with zero attached hydrogens (tertiary/aromatic N) is 1. The van der Waals surface area contributed by atoms with Crippen LogP contribution in [0.2, 0.25) is 0 Å². The van der Waals surface area contributed by atoms with Gasteiger partial charge >= 0.3 is 0 Å². The van der Waals surface area contributed by atoms with Crippen LogP contribution in [0.1, 0.15) is 32.6 Å². The second-order valence-corrected chi connectivity index (χ2v) is 5.51. The highest BCUT2D eigenvalue weighted by atomic mass is 16.5. The molecular formula is C13H26N2O2. The molecule has 0 aromatic heterocycles. The van der Waals surface area contributed by atoms with E-state index in [9.17, 15) is 0 Å². The Kier molecular flexibility index (Phi) is 4.42. The molecule has 3 atom stereocenters. The fourth-order valence-corrected chi connectivity index (χ4v) is 3.31. The summed E-state index contributed by atoms with van der Waals surface area (Å²) in [6.07, 6.45) is 5.22. The number of hydrogen-bond donors (Lipinski definition) is 1. The first kappa shape index (κ1) is 13.3. The fraction of sp³-hybridized carbons (Fsp3) is 1.00. The Balaban J connectivity index is 2.05. The highest BCUT2D eigenvalue weighted by Crippen LogP contribution is 2.32. The molecule has 0 aromatic carbocycles. The normalized spacial score (nSPS) is 40.4. The van der Waals surface area contributed by atoms with Crippen LogP contribution in [-0.2, 0) is 9.47 Å². The van der Waals surface area contributed by atoms with Gasteiger partial charge in [-0.25, -0.2) is 0 Å². The summed E-state index contributed by atoms with van der Waals surface area (Å²) < 4.78 is 11.2. The maximum atomic E-state index is 6.08. The summed E-state index contributed by atoms with van der Waals surface area (Å²) in [5.74, 6) is 0. The van der Waals surface area contributed by atoms with Crippen LogP contribution < -0.4 is 5.73 Å². The third kappa shape index (κ3) is 2.81. The molecule has 2 heterocycles. The van der Waals surface area contributed by atoms with Crippen molar-refractivity contribution in [3.8, 4) is 0 Å². The van der Waals surface area contributed by atoms with Crippen LogP contribution >= 0.6 is 0 Å². The summed E-state index contributed by atoms with van der Waals surface area (Å²) in [6.45, 7) is 5.91. The van der Waals surface area contributed by atoms with Crippen molar-refractivity contribution in [1.29, 1.82) is 0 Å². The number of piperidine rings is 1. The van der Waals surface area contributed by atoms with E-state index in [2.05, 4.69) is 11.8 Å². The maximum absolute atomic E-state index is 6.08. The molecule has 100 valence electrons. The Morgan fingerprint density at radius 1 is 1.53 bits per heavy atom. The molecule has 0 saturated carbocycles. The highest BCUT2D eigenvalue weighted by molar-refractivity contribution is 4.97. The van der Waals surface area contributed by atoms with Crippen molar-refractivity contribution in [2.75, 3.05) is 33.4 Å². The quantitative estimate of drug-likeness (QED) is 0.802. The van der Waals surface area contributed by atoms with Crippen molar-refractivity contribution in [2.45, 2.75) is 50.4 Å². The summed E-state index contributed by atoms with van der Waals surface area (Å²) >= 11 is 0. The van der Waals surface area contributed by atoms with Gasteiger partial charge in [0.2, 0.25) is 0 Å². The lowest BCUT2D eigenvalue weighted by Crippen LogP contribution is -2.61. The van der Waals surface area contributed by atoms with E-state index in [1.807, 2.05) is 7.11 Å². The van der Waals surface area contributed by atoms with Gasteiger partial charge in [-0.15, -0.1) is 0 Å². The molecule has 2 fully saturated rings. The van der Waals surface area contributed by atoms with Crippen LogP contribution in [0, 0.1) is 0 Å². The van der Waals surface area contributed by atoms with Crippen LogP contribution in [-0.4, -0.2) is 56.0 Å². The molecule has 4 heteroatoms. The molecule has 2 N–H and O–H groups in total. The third-order valence-electron chi connectivity index (χ3n) is 4.40. The third-order valence-corrected chi connectivity index (χ3v) is 4.40. The number of nitrogens with two attached hydrogens (primary N) is 1. The Morgan fingerprint density at radius 3 is 3.00 bits per heavy atom. The molecule has 2 aliphatic rings. The number of ether oxygens (including phenoxy) is 2. The first-order valence-corrected chi connectivity index (χ1v) is 6.80. The lowest BCUT2D eigenvalue weighted by atomic mass is 9.83. The minimum Gasteiger partial charge on any atom is -0.380 e. The largest absolute Gasteiger partial charge is 0.380 e. The van der Waals surface area contributed by atoms with Gasteiger partial charge in [-0.1, -0.05) is 0 Å². The molecule has 4 nitrogen and oxygen atoms in total. The van der Waals surface area contributed by atoms with E-state index in [-0.39, 0.29) is 5.54 Å². The molecule has 17 heavy (non-hydrogen) atoms. The molecule has 2 saturated heterocycles. The van der Waals surface area contributed by atoms with Crippen LogP contribution in [0.4, 0.5) is 0 Å². The Morgan fingerprint density at radius 2 is 2.35 bits per heavy atom. The highest BCUT2D eigenvalue weighted by Gasteiger charge is 2.41. The number of hydrogen-bond acceptors (Lipinski definition) is 4. The topological polar surface area (TPSA) is 47.7 Å². The zero-order valence-corrected chi connectivity index (χ0v) is 11.2. The van der Waals surface area contributed by atoms with Crippen LogP contribution in [0.3, 0.4) is 0 Å². The van der Waals surface area contributed by atoms with Crippen LogP contribution in [0.25, 0.3) is 0 Å². The number of methoxy groups -OCH3 is 1. The van der Waals surface area contributed by atoms with E-state index in [0.29, 0.717) is 12.2 Å². The minimum atomic E-state index is 0.148. The van der Waals surface area contributed by atoms with E-state index in [1.54, 1.807) is 0 Å². The van der Waals surface area contributed by atoms with Gasteiger partial charge in [0, 0.05) is 32.3 Å². The molecule has 0 amide bonds. The van der Waals surface area contributed by atoms with Crippen molar-refractivity contribution >= 4 is 0 Å². The predicted octanol–water partition coefficient (Wildman–Crippen LogP) is 0.994. The van der Waals surface area contributed by atoms with Gasteiger partial charge in [0.25, 0.3) is 0 Å². The Labute approximate surface area is 104 Å². The SMILES string of the molecule is COC1CCCN(C2(CN)CCOC(C)C2)C1. The van der Waals surface area contributed by atoms with Gasteiger partial charge in [-0.3, -0.25) is 4.90 Å². The summed E-state index contributed by atoms with van der Waals surface area (Å²) in [6, 6.07) is 0. The Hall–Kier alpha value is -0.160. The average molecular weight is 242 g/mol. The second-order valence-electron chi connectivity index (χ2n) is 5.51. The average Bonchev–Trinajstić information content (AvgIpc) is 2.38. The molecule has 0 radical (unpaired) electrons. The summed E-state index contributed by atoms with van der Waals surface area (Å²) in [4.78, 5) is 2.56. The first-order chi connectivity index (χ1) is 8.20. The van der Waals surface area contributed by atoms with Gasteiger partial charge in [-0.05, 0) is 39.2 Å². The molecule has 2 rings (SSSR count). The van der Waals surface area contributed by atoms with Crippen molar-refractivity contribution in [3.63, 3.8) is 0 Å². The van der Waals surface area contributed by atoms with E-state index in [4.69, 9.17) is 15.2 Å². The van der Waals surface area contributed by atoms with E-state index in [1.165, 1.54) is 12.8 Å². The number of likely N-dealkylation sites (tertiary alicyclic amines) is 1. The smallest absolute Gasteiger partial charge is 0.0698 e. The standard InChI is InChI=1S/C13H26N2O2/c1-11-8-13(10-14,5-7-17-11)15-6-3-4-12(9-15)16-2/h11-12H,3-10,14H2,1-2H3. The van der Waals surface area contributed by atoms with Gasteiger partial charge in [0.05, 0.1) is 12.2 Å². The lowest BCUT2D eigenvalue weighted by Gasteiger charge is -2.50. The van der Waals surface area contributed by atoms with Crippen molar-refractivity contribution in [2.24, 2.45) is 5.73 Å². The van der Waals surface area contributed by atoms with Crippen molar-refractivity contribution in [1.82, 2.24) is 4.90 Å². The van der Waals surface area contributed by atoms with Gasteiger partial charge in [0.15, 0.2) is 0 Å².